The Hall–Kier alpha value is -3.08. The second-order valence-corrected chi connectivity index (χ2v) is 11.5. The molecule has 1 saturated heterocycles. The molecule has 0 amide bonds. The molecule has 0 spiro atoms. The Balaban J connectivity index is 1.07. The molecule has 5 rings (SSSR count). The van der Waals surface area contributed by atoms with Crippen molar-refractivity contribution < 1.29 is 28.4 Å². The summed E-state index contributed by atoms with van der Waals surface area (Å²) in [5.41, 5.74) is 3.46. The summed E-state index contributed by atoms with van der Waals surface area (Å²) in [5.74, 6) is 0. The summed E-state index contributed by atoms with van der Waals surface area (Å²) in [6.45, 7) is 14.5. The Morgan fingerprint density at radius 1 is 0.521 bits per heavy atom. The predicted octanol–water partition coefficient (Wildman–Crippen LogP) is 3.41. The number of fused-ring (bicyclic) bond motifs is 2. The van der Waals surface area contributed by atoms with E-state index < -0.39 is 0 Å². The zero-order chi connectivity index (χ0) is 33.2. The zero-order valence-electron chi connectivity index (χ0n) is 28.5. The van der Waals surface area contributed by atoms with Gasteiger partial charge in [-0.1, -0.05) is 24.3 Å². The molecule has 264 valence electrons. The summed E-state index contributed by atoms with van der Waals surface area (Å²) in [7, 11) is 0. The number of rotatable bonds is 12. The van der Waals surface area contributed by atoms with Crippen molar-refractivity contribution in [3.05, 3.63) is 48.5 Å². The summed E-state index contributed by atoms with van der Waals surface area (Å²) in [6.07, 6.45) is 1.01. The molecule has 4 aromatic rings. The predicted molar refractivity (Wildman–Crippen MR) is 182 cm³/mol. The largest absolute Gasteiger partial charge is 0.378 e. The number of nitrogens with zero attached hydrogens (tertiary/aromatic N) is 8. The Kier molecular flexibility index (Phi) is 15.4. The standard InChI is InChI=1S/C34H52N8O6/c1-3-47-33(41-35-29-9-5-6-10-30(29)36-41)13-15-39-17-21-43-25-27-45-23-19-40(20-24-46-28-26-44-22-18-39)16-14-34(48-4-2)42-37-31-11-7-8-12-32(31)38-42/h5-12,33-34H,3-4,13-28H2,1-2H3. The average Bonchev–Trinajstić information content (AvgIpc) is 3.74. The van der Waals surface area contributed by atoms with Gasteiger partial charge < -0.3 is 28.4 Å². The van der Waals surface area contributed by atoms with Gasteiger partial charge in [-0.2, -0.15) is 30.0 Å². The minimum atomic E-state index is -0.244. The molecule has 14 heteroatoms. The van der Waals surface area contributed by atoms with Crippen LogP contribution in [0.15, 0.2) is 48.5 Å². The molecule has 3 heterocycles. The number of aromatic nitrogens is 6. The van der Waals surface area contributed by atoms with E-state index in [9.17, 15) is 0 Å². The first-order valence-corrected chi connectivity index (χ1v) is 17.4. The van der Waals surface area contributed by atoms with Crippen molar-refractivity contribution in [2.24, 2.45) is 0 Å². The molecule has 0 saturated carbocycles. The molecule has 0 radical (unpaired) electrons. The van der Waals surface area contributed by atoms with Gasteiger partial charge >= 0.3 is 0 Å². The van der Waals surface area contributed by atoms with Gasteiger partial charge in [0.25, 0.3) is 0 Å². The zero-order valence-corrected chi connectivity index (χ0v) is 28.5. The van der Waals surface area contributed by atoms with Crippen LogP contribution in [0.1, 0.15) is 39.1 Å². The first-order chi connectivity index (χ1) is 23.7. The van der Waals surface area contributed by atoms with E-state index in [1.165, 1.54) is 0 Å². The van der Waals surface area contributed by atoms with Gasteiger partial charge in [0, 0.05) is 65.3 Å². The van der Waals surface area contributed by atoms with Gasteiger partial charge in [0.1, 0.15) is 22.1 Å². The third-order valence-corrected chi connectivity index (χ3v) is 8.17. The highest BCUT2D eigenvalue weighted by Gasteiger charge is 2.19. The van der Waals surface area contributed by atoms with Gasteiger partial charge in [-0.05, 0) is 38.1 Å². The maximum Gasteiger partial charge on any atom is 0.170 e. The van der Waals surface area contributed by atoms with E-state index >= 15 is 0 Å². The van der Waals surface area contributed by atoms with Crippen LogP contribution in [0, 0.1) is 0 Å². The lowest BCUT2D eigenvalue weighted by molar-refractivity contribution is -0.0287. The molecule has 0 bridgehead atoms. The molecule has 2 aromatic carbocycles. The van der Waals surface area contributed by atoms with Crippen molar-refractivity contribution >= 4 is 22.1 Å². The first kappa shape index (κ1) is 36.2. The summed E-state index contributed by atoms with van der Waals surface area (Å²) in [5, 5.41) is 18.6. The van der Waals surface area contributed by atoms with Crippen LogP contribution in [-0.2, 0) is 28.4 Å². The van der Waals surface area contributed by atoms with E-state index in [-0.39, 0.29) is 12.5 Å². The summed E-state index contributed by atoms with van der Waals surface area (Å²) in [4.78, 5) is 8.09. The summed E-state index contributed by atoms with van der Waals surface area (Å²) < 4.78 is 35.9. The molecule has 1 aliphatic rings. The maximum absolute atomic E-state index is 6.04. The minimum Gasteiger partial charge on any atom is -0.378 e. The topological polar surface area (TPSA) is 123 Å². The third-order valence-electron chi connectivity index (χ3n) is 8.17. The Labute approximate surface area is 283 Å². The SMILES string of the molecule is CCOC(CCN1CCOCCOCCN(CCC(OCC)n2nc3ccccc3n2)CCOCCOCC1)n1nc2ccccc2n1. The van der Waals surface area contributed by atoms with Gasteiger partial charge in [-0.15, -0.1) is 0 Å². The lowest BCUT2D eigenvalue weighted by atomic mass is 10.3. The average molecular weight is 669 g/mol. The van der Waals surface area contributed by atoms with Crippen molar-refractivity contribution in [2.45, 2.75) is 39.1 Å². The molecule has 2 atom stereocenters. The van der Waals surface area contributed by atoms with Crippen molar-refractivity contribution in [3.8, 4) is 0 Å². The van der Waals surface area contributed by atoms with Crippen LogP contribution in [0.4, 0.5) is 0 Å². The highest BCUT2D eigenvalue weighted by Crippen LogP contribution is 2.18. The first-order valence-electron chi connectivity index (χ1n) is 17.4. The Morgan fingerprint density at radius 3 is 1.12 bits per heavy atom. The fourth-order valence-corrected chi connectivity index (χ4v) is 5.60. The van der Waals surface area contributed by atoms with Crippen LogP contribution >= 0.6 is 0 Å². The molecule has 1 fully saturated rings. The van der Waals surface area contributed by atoms with Crippen LogP contribution in [-0.4, -0.2) is 145 Å². The monoisotopic (exact) mass is 668 g/mol. The molecule has 0 aliphatic carbocycles. The van der Waals surface area contributed by atoms with E-state index in [2.05, 4.69) is 30.2 Å². The van der Waals surface area contributed by atoms with Gasteiger partial charge in [0.15, 0.2) is 12.5 Å². The fraction of sp³-hybridized carbons (Fsp3) is 0.647. The van der Waals surface area contributed by atoms with E-state index in [4.69, 9.17) is 28.4 Å². The van der Waals surface area contributed by atoms with E-state index in [1.54, 1.807) is 9.59 Å². The summed E-state index contributed by atoms with van der Waals surface area (Å²) in [6, 6.07) is 15.8. The minimum absolute atomic E-state index is 0.244. The van der Waals surface area contributed by atoms with Crippen molar-refractivity contribution in [1.82, 2.24) is 39.8 Å². The highest BCUT2D eigenvalue weighted by atomic mass is 16.5. The van der Waals surface area contributed by atoms with Gasteiger partial charge in [-0.25, -0.2) is 0 Å². The fourth-order valence-electron chi connectivity index (χ4n) is 5.60. The van der Waals surface area contributed by atoms with Crippen LogP contribution < -0.4 is 0 Å². The smallest absolute Gasteiger partial charge is 0.170 e. The molecule has 14 nitrogen and oxygen atoms in total. The number of hydrogen-bond donors (Lipinski definition) is 0. The van der Waals surface area contributed by atoms with Gasteiger partial charge in [0.2, 0.25) is 0 Å². The van der Waals surface area contributed by atoms with Crippen molar-refractivity contribution in [2.75, 3.05) is 105 Å². The van der Waals surface area contributed by atoms with Crippen LogP contribution in [0.5, 0.6) is 0 Å². The number of ether oxygens (including phenoxy) is 6. The van der Waals surface area contributed by atoms with E-state index in [0.717, 1.165) is 74.2 Å². The molecular formula is C34H52N8O6. The van der Waals surface area contributed by atoms with Gasteiger partial charge in [-0.3, -0.25) is 9.80 Å². The van der Waals surface area contributed by atoms with Crippen molar-refractivity contribution in [3.63, 3.8) is 0 Å². The van der Waals surface area contributed by atoms with E-state index in [0.29, 0.717) is 66.1 Å². The van der Waals surface area contributed by atoms with Crippen LogP contribution in [0.2, 0.25) is 0 Å². The summed E-state index contributed by atoms with van der Waals surface area (Å²) >= 11 is 0. The number of hydrogen-bond acceptors (Lipinski definition) is 12. The lowest BCUT2D eigenvalue weighted by Crippen LogP contribution is -2.35. The lowest BCUT2D eigenvalue weighted by Gasteiger charge is -2.26. The Morgan fingerprint density at radius 2 is 0.833 bits per heavy atom. The molecular weight excluding hydrogens is 616 g/mol. The molecule has 2 aromatic heterocycles. The maximum atomic E-state index is 6.04. The normalized spacial score (nSPS) is 18.9. The van der Waals surface area contributed by atoms with Crippen LogP contribution in [0.3, 0.4) is 0 Å². The highest BCUT2D eigenvalue weighted by molar-refractivity contribution is 5.73. The quantitative estimate of drug-likeness (QED) is 0.220. The second-order valence-electron chi connectivity index (χ2n) is 11.5. The second kappa shape index (κ2) is 20.4. The molecule has 2 unspecified atom stereocenters. The molecule has 0 N–H and O–H groups in total. The Bertz CT molecular complexity index is 1260. The number of benzene rings is 2. The molecule has 1 aliphatic heterocycles. The molecule has 48 heavy (non-hydrogen) atoms. The van der Waals surface area contributed by atoms with Gasteiger partial charge in [0.05, 0.1) is 52.9 Å². The van der Waals surface area contributed by atoms with E-state index in [1.807, 2.05) is 62.4 Å². The third kappa shape index (κ3) is 11.5. The van der Waals surface area contributed by atoms with Crippen molar-refractivity contribution in [1.29, 1.82) is 0 Å². The van der Waals surface area contributed by atoms with Crippen LogP contribution in [0.25, 0.3) is 22.1 Å².